The lowest BCUT2D eigenvalue weighted by molar-refractivity contribution is 0.0994. The lowest BCUT2D eigenvalue weighted by Crippen LogP contribution is -1.94. The molecule has 1 aliphatic heterocycles. The first kappa shape index (κ1) is 12.2. The van der Waals surface area contributed by atoms with Crippen LogP contribution in [-0.2, 0) is 6.54 Å². The van der Waals surface area contributed by atoms with Crippen LogP contribution in [0.2, 0.25) is 0 Å². The Bertz CT molecular complexity index is 847. The summed E-state index contributed by atoms with van der Waals surface area (Å²) >= 11 is 0. The number of Topliss-reactive ketones (excluding diaryl/α,β-unsaturated/α-hetero) is 1. The molecule has 104 valence electrons. The molecule has 0 fully saturated rings. The van der Waals surface area contributed by atoms with Crippen LogP contribution in [0.3, 0.4) is 0 Å². The molecule has 0 atom stereocenters. The number of ether oxygens (including phenoxy) is 1. The summed E-state index contributed by atoms with van der Waals surface area (Å²) in [5.41, 5.74) is 3.04. The van der Waals surface area contributed by atoms with Crippen LogP contribution in [0, 0.1) is 6.92 Å². The van der Waals surface area contributed by atoms with Crippen LogP contribution < -0.4 is 4.74 Å². The van der Waals surface area contributed by atoms with Crippen molar-refractivity contribution in [2.45, 2.75) is 19.9 Å². The van der Waals surface area contributed by atoms with Gasteiger partial charge >= 0.3 is 0 Å². The van der Waals surface area contributed by atoms with Gasteiger partial charge in [-0.2, -0.15) is 0 Å². The van der Waals surface area contributed by atoms with Crippen LogP contribution in [0.15, 0.2) is 48.5 Å². The summed E-state index contributed by atoms with van der Waals surface area (Å²) in [7, 11) is 0. The molecule has 0 aliphatic carbocycles. The smallest absolute Gasteiger partial charge is 0.181 e. The highest BCUT2D eigenvalue weighted by Gasteiger charge is 2.25. The zero-order valence-electron chi connectivity index (χ0n) is 11.8. The van der Waals surface area contributed by atoms with E-state index in [1.807, 2.05) is 55.5 Å². The minimum absolute atomic E-state index is 0.245. The minimum atomic E-state index is 0.245. The standard InChI is InChI=1S/C18H15NO2/c1-12-15-11-14(21-13-5-3-2-4-6-13)7-8-16(15)19-10-9-17(20)18(12)19/h2-8,11H,9-10H2,1H3. The van der Waals surface area contributed by atoms with E-state index < -0.39 is 0 Å². The topological polar surface area (TPSA) is 31.2 Å². The Kier molecular flexibility index (Phi) is 2.61. The van der Waals surface area contributed by atoms with Crippen molar-refractivity contribution in [3.05, 3.63) is 59.8 Å². The zero-order valence-corrected chi connectivity index (χ0v) is 11.8. The number of ketones is 1. The molecule has 3 heteroatoms. The molecule has 0 amide bonds. The van der Waals surface area contributed by atoms with Gasteiger partial charge < -0.3 is 9.30 Å². The molecule has 2 aromatic carbocycles. The van der Waals surface area contributed by atoms with Gasteiger partial charge in [-0.05, 0) is 42.8 Å². The van der Waals surface area contributed by atoms with Gasteiger partial charge in [-0.3, -0.25) is 4.79 Å². The lowest BCUT2D eigenvalue weighted by Gasteiger charge is -2.06. The number of carbonyl (C=O) groups excluding carboxylic acids is 1. The van der Waals surface area contributed by atoms with E-state index >= 15 is 0 Å². The Morgan fingerprint density at radius 3 is 2.67 bits per heavy atom. The predicted molar refractivity (Wildman–Crippen MR) is 82.1 cm³/mol. The third-order valence-electron chi connectivity index (χ3n) is 4.09. The molecule has 1 aliphatic rings. The molecular weight excluding hydrogens is 262 g/mol. The predicted octanol–water partition coefficient (Wildman–Crippen LogP) is 4.33. The minimum Gasteiger partial charge on any atom is -0.457 e. The Hall–Kier alpha value is -2.55. The van der Waals surface area contributed by atoms with Gasteiger partial charge in [-0.25, -0.2) is 0 Å². The Morgan fingerprint density at radius 2 is 1.86 bits per heavy atom. The first-order valence-corrected chi connectivity index (χ1v) is 7.13. The second-order valence-electron chi connectivity index (χ2n) is 5.39. The van der Waals surface area contributed by atoms with Crippen molar-refractivity contribution in [2.24, 2.45) is 0 Å². The van der Waals surface area contributed by atoms with E-state index in [4.69, 9.17) is 4.74 Å². The molecule has 0 spiro atoms. The second kappa shape index (κ2) is 4.48. The molecule has 0 saturated heterocycles. The Morgan fingerprint density at radius 1 is 1.05 bits per heavy atom. The van der Waals surface area contributed by atoms with Crippen molar-refractivity contribution in [3.63, 3.8) is 0 Å². The first-order valence-electron chi connectivity index (χ1n) is 7.13. The summed E-state index contributed by atoms with van der Waals surface area (Å²) in [6.07, 6.45) is 0.619. The number of benzene rings is 2. The lowest BCUT2D eigenvalue weighted by atomic mass is 10.1. The number of nitrogens with zero attached hydrogens (tertiary/aromatic N) is 1. The molecule has 0 radical (unpaired) electrons. The van der Waals surface area contributed by atoms with Crippen molar-refractivity contribution in [2.75, 3.05) is 0 Å². The number of aryl methyl sites for hydroxylation is 2. The number of carbonyl (C=O) groups is 1. The van der Waals surface area contributed by atoms with Crippen molar-refractivity contribution < 1.29 is 9.53 Å². The molecule has 1 aromatic heterocycles. The highest BCUT2D eigenvalue weighted by atomic mass is 16.5. The molecule has 2 heterocycles. The maximum absolute atomic E-state index is 12.0. The third kappa shape index (κ3) is 1.85. The van der Waals surface area contributed by atoms with E-state index in [9.17, 15) is 4.79 Å². The summed E-state index contributed by atoms with van der Waals surface area (Å²) in [5, 5.41) is 1.10. The van der Waals surface area contributed by atoms with Crippen LogP contribution in [0.4, 0.5) is 0 Å². The van der Waals surface area contributed by atoms with E-state index in [1.165, 1.54) is 0 Å². The average Bonchev–Trinajstić information content (AvgIpc) is 3.01. The average molecular weight is 277 g/mol. The van der Waals surface area contributed by atoms with E-state index in [-0.39, 0.29) is 5.78 Å². The molecule has 0 N–H and O–H groups in total. The van der Waals surface area contributed by atoms with Crippen molar-refractivity contribution in [1.82, 2.24) is 4.57 Å². The van der Waals surface area contributed by atoms with E-state index in [1.54, 1.807) is 0 Å². The van der Waals surface area contributed by atoms with Crippen LogP contribution in [-0.4, -0.2) is 10.4 Å². The molecular formula is C18H15NO2. The highest BCUT2D eigenvalue weighted by Crippen LogP contribution is 2.34. The molecule has 0 bridgehead atoms. The molecule has 21 heavy (non-hydrogen) atoms. The van der Waals surface area contributed by atoms with E-state index in [0.29, 0.717) is 6.42 Å². The fourth-order valence-corrected chi connectivity index (χ4v) is 3.11. The monoisotopic (exact) mass is 277 g/mol. The molecule has 3 nitrogen and oxygen atoms in total. The normalized spacial score (nSPS) is 13.7. The van der Waals surface area contributed by atoms with Gasteiger partial charge in [0.1, 0.15) is 11.5 Å². The molecule has 0 unspecified atom stereocenters. The number of para-hydroxylation sites is 1. The highest BCUT2D eigenvalue weighted by molar-refractivity contribution is 6.04. The fourth-order valence-electron chi connectivity index (χ4n) is 3.11. The van der Waals surface area contributed by atoms with Gasteiger partial charge in [-0.15, -0.1) is 0 Å². The number of fused-ring (bicyclic) bond motifs is 3. The third-order valence-corrected chi connectivity index (χ3v) is 4.09. The van der Waals surface area contributed by atoms with Crippen LogP contribution in [0.1, 0.15) is 22.5 Å². The summed E-state index contributed by atoms with van der Waals surface area (Å²) in [6, 6.07) is 15.8. The zero-order chi connectivity index (χ0) is 14.4. The number of aromatic nitrogens is 1. The molecule has 3 aromatic rings. The van der Waals surface area contributed by atoms with Gasteiger partial charge in [0.05, 0.1) is 5.69 Å². The van der Waals surface area contributed by atoms with E-state index in [2.05, 4.69) is 4.57 Å². The first-order chi connectivity index (χ1) is 10.2. The largest absolute Gasteiger partial charge is 0.457 e. The van der Waals surface area contributed by atoms with Crippen molar-refractivity contribution in [1.29, 1.82) is 0 Å². The Labute approximate surface area is 122 Å². The van der Waals surface area contributed by atoms with Gasteiger partial charge in [0, 0.05) is 23.9 Å². The number of hydrogen-bond acceptors (Lipinski definition) is 2. The van der Waals surface area contributed by atoms with Crippen LogP contribution in [0.5, 0.6) is 11.5 Å². The number of hydrogen-bond donors (Lipinski definition) is 0. The number of rotatable bonds is 2. The quantitative estimate of drug-likeness (QED) is 0.698. The summed E-state index contributed by atoms with van der Waals surface area (Å²) in [6.45, 7) is 2.81. The van der Waals surface area contributed by atoms with E-state index in [0.717, 1.165) is 40.2 Å². The van der Waals surface area contributed by atoms with Gasteiger partial charge in [0.25, 0.3) is 0 Å². The SMILES string of the molecule is Cc1c2n(c3ccc(Oc4ccccc4)cc13)CCC2=O. The van der Waals surface area contributed by atoms with Crippen LogP contribution in [0.25, 0.3) is 10.9 Å². The summed E-state index contributed by atoms with van der Waals surface area (Å²) in [5.74, 6) is 1.86. The molecule has 0 saturated carbocycles. The van der Waals surface area contributed by atoms with Gasteiger partial charge in [0.2, 0.25) is 0 Å². The van der Waals surface area contributed by atoms with Gasteiger partial charge in [-0.1, -0.05) is 18.2 Å². The summed E-state index contributed by atoms with van der Waals surface area (Å²) in [4.78, 5) is 12.0. The molecule has 4 rings (SSSR count). The van der Waals surface area contributed by atoms with Gasteiger partial charge in [0.15, 0.2) is 5.78 Å². The van der Waals surface area contributed by atoms with Crippen molar-refractivity contribution in [3.8, 4) is 11.5 Å². The maximum atomic E-state index is 12.0. The van der Waals surface area contributed by atoms with Crippen molar-refractivity contribution >= 4 is 16.7 Å². The second-order valence-corrected chi connectivity index (χ2v) is 5.39. The van der Waals surface area contributed by atoms with Crippen LogP contribution >= 0.6 is 0 Å². The maximum Gasteiger partial charge on any atom is 0.181 e. The summed E-state index contributed by atoms with van der Waals surface area (Å²) < 4.78 is 8.00. The fraction of sp³-hybridized carbons (Fsp3) is 0.167. The Balaban J connectivity index is 1.81.